The van der Waals surface area contributed by atoms with E-state index in [4.69, 9.17) is 9.47 Å². The molecule has 1 atom stereocenters. The Morgan fingerprint density at radius 3 is 2.58 bits per heavy atom. The maximum Gasteiger partial charge on any atom is 0.322 e. The van der Waals surface area contributed by atoms with Gasteiger partial charge in [0.1, 0.15) is 0 Å². The lowest BCUT2D eigenvalue weighted by atomic mass is 9.96. The monoisotopic (exact) mass is 354 g/mol. The topological polar surface area (TPSA) is 50.8 Å². The fourth-order valence-electron chi connectivity index (χ4n) is 3.48. The number of nitrogens with zero attached hydrogens (tertiary/aromatic N) is 1. The van der Waals surface area contributed by atoms with Crippen LogP contribution in [0.3, 0.4) is 0 Å². The number of anilines is 1. The molecule has 0 radical (unpaired) electrons. The highest BCUT2D eigenvalue weighted by Crippen LogP contribution is 2.30. The zero-order valence-corrected chi connectivity index (χ0v) is 15.4. The first-order valence-electron chi connectivity index (χ1n) is 9.05. The molecule has 1 aliphatic heterocycles. The first-order chi connectivity index (χ1) is 12.7. The van der Waals surface area contributed by atoms with Gasteiger partial charge < -0.3 is 19.7 Å². The zero-order valence-electron chi connectivity index (χ0n) is 15.4. The fraction of sp³-hybridized carbons (Fsp3) is 0.381. The van der Waals surface area contributed by atoms with Crippen LogP contribution in [-0.4, -0.2) is 37.7 Å². The molecule has 1 N–H and O–H groups in total. The molecular weight excluding hydrogens is 328 g/mol. The smallest absolute Gasteiger partial charge is 0.322 e. The molecule has 2 amide bonds. The first-order valence-corrected chi connectivity index (χ1v) is 9.05. The van der Waals surface area contributed by atoms with Crippen LogP contribution in [0, 0.1) is 0 Å². The van der Waals surface area contributed by atoms with Crippen molar-refractivity contribution in [2.24, 2.45) is 0 Å². The fourth-order valence-corrected chi connectivity index (χ4v) is 3.48. The molecule has 1 saturated heterocycles. The van der Waals surface area contributed by atoms with Gasteiger partial charge in [-0.3, -0.25) is 0 Å². The second-order valence-electron chi connectivity index (χ2n) is 6.53. The Morgan fingerprint density at radius 2 is 1.85 bits per heavy atom. The largest absolute Gasteiger partial charge is 0.493 e. The van der Waals surface area contributed by atoms with Crippen molar-refractivity contribution >= 4 is 11.7 Å². The molecule has 0 bridgehead atoms. The van der Waals surface area contributed by atoms with E-state index in [2.05, 4.69) is 17.4 Å². The third-order valence-corrected chi connectivity index (χ3v) is 4.84. The summed E-state index contributed by atoms with van der Waals surface area (Å²) in [5, 5.41) is 3.00. The van der Waals surface area contributed by atoms with Gasteiger partial charge in [-0.1, -0.05) is 30.3 Å². The van der Waals surface area contributed by atoms with Gasteiger partial charge in [-0.15, -0.1) is 0 Å². The summed E-state index contributed by atoms with van der Waals surface area (Å²) in [5.41, 5.74) is 1.97. The molecule has 3 rings (SSSR count). The Bertz CT molecular complexity index is 733. The highest BCUT2D eigenvalue weighted by molar-refractivity contribution is 5.90. The van der Waals surface area contributed by atoms with Crippen molar-refractivity contribution < 1.29 is 14.3 Å². The second kappa shape index (κ2) is 8.61. The van der Waals surface area contributed by atoms with Crippen LogP contribution in [0.2, 0.25) is 0 Å². The summed E-state index contributed by atoms with van der Waals surface area (Å²) in [6, 6.07) is 15.9. The average Bonchev–Trinajstić information content (AvgIpc) is 2.69. The van der Waals surface area contributed by atoms with Crippen LogP contribution in [0.4, 0.5) is 10.5 Å². The predicted molar refractivity (Wildman–Crippen MR) is 103 cm³/mol. The molecule has 0 aliphatic carbocycles. The Balaban J connectivity index is 1.70. The lowest BCUT2D eigenvalue weighted by Crippen LogP contribution is -2.46. The number of methoxy groups -OCH3 is 2. The molecular formula is C21H26N2O3. The van der Waals surface area contributed by atoms with Gasteiger partial charge in [0.05, 0.1) is 14.2 Å². The van der Waals surface area contributed by atoms with Crippen molar-refractivity contribution in [3.05, 3.63) is 54.1 Å². The van der Waals surface area contributed by atoms with Crippen molar-refractivity contribution in [2.45, 2.75) is 31.7 Å². The summed E-state index contributed by atoms with van der Waals surface area (Å²) in [6.07, 6.45) is 4.14. The minimum absolute atomic E-state index is 0.0575. The number of hydrogen-bond acceptors (Lipinski definition) is 3. The Morgan fingerprint density at radius 1 is 1.08 bits per heavy atom. The highest BCUT2D eigenvalue weighted by Gasteiger charge is 2.27. The van der Waals surface area contributed by atoms with Gasteiger partial charge >= 0.3 is 6.03 Å². The van der Waals surface area contributed by atoms with Gasteiger partial charge in [0.2, 0.25) is 0 Å². The first kappa shape index (κ1) is 18.1. The molecule has 0 spiro atoms. The van der Waals surface area contributed by atoms with E-state index < -0.39 is 0 Å². The van der Waals surface area contributed by atoms with E-state index in [-0.39, 0.29) is 12.1 Å². The molecule has 2 aromatic carbocycles. The lowest BCUT2D eigenvalue weighted by molar-refractivity contribution is 0.162. The van der Waals surface area contributed by atoms with Gasteiger partial charge in [-0.2, -0.15) is 0 Å². The van der Waals surface area contributed by atoms with Gasteiger partial charge in [0, 0.05) is 24.3 Å². The SMILES string of the molecule is COc1ccc(NC(=O)N2CCCC[C@H]2Cc2ccccc2)cc1OC. The van der Waals surface area contributed by atoms with Crippen LogP contribution in [-0.2, 0) is 6.42 Å². The Hall–Kier alpha value is -2.69. The molecule has 0 unspecified atom stereocenters. The van der Waals surface area contributed by atoms with Gasteiger partial charge in [-0.05, 0) is 43.4 Å². The van der Waals surface area contributed by atoms with Crippen LogP contribution >= 0.6 is 0 Å². The van der Waals surface area contributed by atoms with Crippen LogP contribution in [0.25, 0.3) is 0 Å². The highest BCUT2D eigenvalue weighted by atomic mass is 16.5. The normalized spacial score (nSPS) is 16.8. The van der Waals surface area contributed by atoms with Gasteiger partial charge in [0.15, 0.2) is 11.5 Å². The van der Waals surface area contributed by atoms with Crippen LogP contribution in [0.5, 0.6) is 11.5 Å². The standard InChI is InChI=1S/C21H26N2O3/c1-25-19-12-11-17(15-20(19)26-2)22-21(24)23-13-7-6-10-18(23)14-16-8-4-3-5-9-16/h3-5,8-9,11-12,15,18H,6-7,10,13-14H2,1-2H3,(H,22,24)/t18-/m0/s1. The summed E-state index contributed by atoms with van der Waals surface area (Å²) >= 11 is 0. The van der Waals surface area contributed by atoms with Crippen molar-refractivity contribution in [3.63, 3.8) is 0 Å². The molecule has 0 saturated carbocycles. The Kier molecular flexibility index (Phi) is 6.00. The number of hydrogen-bond donors (Lipinski definition) is 1. The molecule has 1 fully saturated rings. The van der Waals surface area contributed by atoms with E-state index in [1.54, 1.807) is 26.4 Å². The molecule has 1 heterocycles. The number of urea groups is 1. The number of amides is 2. The van der Waals surface area contributed by atoms with Gasteiger partial charge in [0.25, 0.3) is 0 Å². The third kappa shape index (κ3) is 4.28. The number of carbonyl (C=O) groups is 1. The lowest BCUT2D eigenvalue weighted by Gasteiger charge is -2.36. The Labute approximate surface area is 154 Å². The summed E-state index contributed by atoms with van der Waals surface area (Å²) in [7, 11) is 3.18. The number of benzene rings is 2. The molecule has 26 heavy (non-hydrogen) atoms. The van der Waals surface area contributed by atoms with Gasteiger partial charge in [-0.25, -0.2) is 4.79 Å². The molecule has 2 aromatic rings. The summed E-state index contributed by atoms with van der Waals surface area (Å²) in [4.78, 5) is 14.8. The number of carbonyl (C=O) groups excluding carboxylic acids is 1. The van der Waals surface area contributed by atoms with E-state index in [1.807, 2.05) is 29.2 Å². The predicted octanol–water partition coefficient (Wildman–Crippen LogP) is 4.33. The number of piperidine rings is 1. The minimum Gasteiger partial charge on any atom is -0.493 e. The second-order valence-corrected chi connectivity index (χ2v) is 6.53. The number of nitrogens with one attached hydrogen (secondary N) is 1. The molecule has 0 aromatic heterocycles. The van der Waals surface area contributed by atoms with Crippen LogP contribution in [0.1, 0.15) is 24.8 Å². The number of rotatable bonds is 5. The van der Waals surface area contributed by atoms with Crippen molar-refractivity contribution in [1.29, 1.82) is 0 Å². The summed E-state index contributed by atoms with van der Waals surface area (Å²) in [6.45, 7) is 0.788. The van der Waals surface area contributed by atoms with Crippen molar-refractivity contribution in [3.8, 4) is 11.5 Å². The number of likely N-dealkylation sites (tertiary alicyclic amines) is 1. The quantitative estimate of drug-likeness (QED) is 0.869. The average molecular weight is 354 g/mol. The van der Waals surface area contributed by atoms with Crippen LogP contribution in [0.15, 0.2) is 48.5 Å². The zero-order chi connectivity index (χ0) is 18.4. The maximum absolute atomic E-state index is 12.9. The molecule has 5 heteroatoms. The van der Waals surface area contributed by atoms with E-state index in [9.17, 15) is 4.79 Å². The maximum atomic E-state index is 12.9. The van der Waals surface area contributed by atoms with E-state index in [1.165, 1.54) is 5.56 Å². The van der Waals surface area contributed by atoms with Crippen molar-refractivity contribution in [1.82, 2.24) is 4.90 Å². The number of ether oxygens (including phenoxy) is 2. The summed E-state index contributed by atoms with van der Waals surface area (Å²) < 4.78 is 10.6. The minimum atomic E-state index is -0.0575. The van der Waals surface area contributed by atoms with Crippen molar-refractivity contribution in [2.75, 3.05) is 26.1 Å². The van der Waals surface area contributed by atoms with E-state index >= 15 is 0 Å². The van der Waals surface area contributed by atoms with Crippen LogP contribution < -0.4 is 14.8 Å². The van der Waals surface area contributed by atoms with E-state index in [0.29, 0.717) is 17.2 Å². The molecule has 1 aliphatic rings. The third-order valence-electron chi connectivity index (χ3n) is 4.84. The summed E-state index contributed by atoms with van der Waals surface area (Å²) in [5.74, 6) is 1.25. The van der Waals surface area contributed by atoms with E-state index in [0.717, 1.165) is 32.2 Å². The molecule has 138 valence electrons. The molecule has 5 nitrogen and oxygen atoms in total.